The van der Waals surface area contributed by atoms with Gasteiger partial charge in [-0.15, -0.1) is 0 Å². The van der Waals surface area contributed by atoms with Crippen molar-refractivity contribution >= 4 is 17.5 Å². The third-order valence-corrected chi connectivity index (χ3v) is 6.87. The highest BCUT2D eigenvalue weighted by Gasteiger charge is 2.32. The molecule has 2 aliphatic heterocycles. The van der Waals surface area contributed by atoms with E-state index in [2.05, 4.69) is 28.2 Å². The maximum Gasteiger partial charge on any atom is 0.250 e. The first-order valence-electron chi connectivity index (χ1n) is 12.0. The number of anilines is 1. The summed E-state index contributed by atoms with van der Waals surface area (Å²) in [4.78, 5) is 34.7. The van der Waals surface area contributed by atoms with Crippen LogP contribution in [0.5, 0.6) is 0 Å². The number of piperidine rings is 1. The Balaban J connectivity index is 1.32. The summed E-state index contributed by atoms with van der Waals surface area (Å²) < 4.78 is 1.75. The van der Waals surface area contributed by atoms with E-state index < -0.39 is 6.04 Å². The summed E-state index contributed by atoms with van der Waals surface area (Å²) in [5.41, 5.74) is 2.13. The Hall–Kier alpha value is -2.67. The monoisotopic (exact) mass is 437 g/mol. The van der Waals surface area contributed by atoms with Gasteiger partial charge in [-0.1, -0.05) is 31.5 Å². The smallest absolute Gasteiger partial charge is 0.250 e. The molecule has 0 spiro atoms. The summed E-state index contributed by atoms with van der Waals surface area (Å²) in [6, 6.07) is 8.10. The van der Waals surface area contributed by atoms with Crippen LogP contribution in [0.3, 0.4) is 0 Å². The highest BCUT2D eigenvalue weighted by atomic mass is 16.2. The largest absolute Gasteiger partial charge is 0.356 e. The minimum atomic E-state index is -0.588. The Labute approximate surface area is 190 Å². The second-order valence-corrected chi connectivity index (χ2v) is 8.90. The number of hydrogen-bond acceptors (Lipinski definition) is 4. The number of para-hydroxylation sites is 1. The molecule has 1 fully saturated rings. The molecule has 1 aromatic carbocycles. The predicted octanol–water partition coefficient (Wildman–Crippen LogP) is 3.17. The third kappa shape index (κ3) is 5.21. The van der Waals surface area contributed by atoms with Crippen LogP contribution in [0.2, 0.25) is 0 Å². The van der Waals surface area contributed by atoms with E-state index in [1.165, 1.54) is 37.8 Å². The molecular weight excluding hydrogens is 402 g/mol. The van der Waals surface area contributed by atoms with Crippen LogP contribution >= 0.6 is 0 Å². The Morgan fingerprint density at radius 1 is 1.22 bits per heavy atom. The van der Waals surface area contributed by atoms with Crippen LogP contribution in [0.25, 0.3) is 0 Å². The summed E-state index contributed by atoms with van der Waals surface area (Å²) in [5.74, 6) is -0.141. The summed E-state index contributed by atoms with van der Waals surface area (Å²) >= 11 is 0. The van der Waals surface area contributed by atoms with Crippen LogP contribution in [0.15, 0.2) is 43.0 Å². The van der Waals surface area contributed by atoms with Gasteiger partial charge in [-0.05, 0) is 50.3 Å². The molecule has 1 aromatic heterocycles. The van der Waals surface area contributed by atoms with E-state index in [9.17, 15) is 9.59 Å². The molecule has 3 heterocycles. The normalized spacial score (nSPS) is 19.5. The molecule has 32 heavy (non-hydrogen) atoms. The molecule has 2 aliphatic rings. The Morgan fingerprint density at radius 3 is 2.91 bits per heavy atom. The molecular formula is C25H35N5O2. The van der Waals surface area contributed by atoms with Crippen molar-refractivity contribution < 1.29 is 9.59 Å². The molecule has 0 unspecified atom stereocenters. The van der Waals surface area contributed by atoms with E-state index in [0.29, 0.717) is 19.1 Å². The Bertz CT molecular complexity index is 897. The number of fused-ring (bicyclic) bond motifs is 1. The highest BCUT2D eigenvalue weighted by molar-refractivity contribution is 6.00. The van der Waals surface area contributed by atoms with Gasteiger partial charge in [-0.3, -0.25) is 9.59 Å². The summed E-state index contributed by atoms with van der Waals surface area (Å²) in [6.45, 7) is 5.74. The fourth-order valence-corrected chi connectivity index (χ4v) is 5.10. The first-order valence-corrected chi connectivity index (χ1v) is 12.0. The first kappa shape index (κ1) is 22.5. The summed E-state index contributed by atoms with van der Waals surface area (Å²) in [6.07, 6.45) is 12.0. The molecule has 7 heteroatoms. The number of benzene rings is 1. The zero-order valence-electron chi connectivity index (χ0n) is 19.1. The van der Waals surface area contributed by atoms with Gasteiger partial charge in [0.1, 0.15) is 6.04 Å². The van der Waals surface area contributed by atoms with Crippen molar-refractivity contribution in [2.45, 2.75) is 64.0 Å². The molecule has 7 nitrogen and oxygen atoms in total. The van der Waals surface area contributed by atoms with Crippen molar-refractivity contribution in [3.05, 3.63) is 48.5 Å². The average Bonchev–Trinajstić information content (AvgIpc) is 3.50. The minimum absolute atomic E-state index is 0.0535. The molecule has 2 atom stereocenters. The molecule has 4 rings (SSSR count). The first-order chi connectivity index (χ1) is 15.7. The molecule has 0 saturated carbocycles. The van der Waals surface area contributed by atoms with Crippen LogP contribution < -0.4 is 10.2 Å². The highest BCUT2D eigenvalue weighted by Crippen LogP contribution is 2.30. The quantitative estimate of drug-likeness (QED) is 0.612. The van der Waals surface area contributed by atoms with Gasteiger partial charge in [0.25, 0.3) is 5.91 Å². The minimum Gasteiger partial charge on any atom is -0.356 e. The lowest BCUT2D eigenvalue weighted by Gasteiger charge is -2.35. The second-order valence-electron chi connectivity index (χ2n) is 8.90. The van der Waals surface area contributed by atoms with Crippen molar-refractivity contribution in [2.75, 3.05) is 31.1 Å². The van der Waals surface area contributed by atoms with Crippen LogP contribution in [-0.2, 0) is 16.0 Å². The zero-order valence-corrected chi connectivity index (χ0v) is 19.1. The maximum absolute atomic E-state index is 13.4. The van der Waals surface area contributed by atoms with E-state index in [1.807, 2.05) is 23.1 Å². The lowest BCUT2D eigenvalue weighted by molar-refractivity contribution is -0.128. The molecule has 0 radical (unpaired) electrons. The van der Waals surface area contributed by atoms with Gasteiger partial charge in [0, 0.05) is 43.8 Å². The second kappa shape index (κ2) is 10.8. The number of imidazole rings is 1. The fourth-order valence-electron chi connectivity index (χ4n) is 5.10. The average molecular weight is 438 g/mol. The number of amides is 2. The van der Waals surface area contributed by atoms with Gasteiger partial charge in [-0.25, -0.2) is 4.98 Å². The predicted molar refractivity (Wildman–Crippen MR) is 126 cm³/mol. The Kier molecular flexibility index (Phi) is 7.58. The van der Waals surface area contributed by atoms with Crippen molar-refractivity contribution in [1.29, 1.82) is 0 Å². The van der Waals surface area contributed by atoms with Gasteiger partial charge >= 0.3 is 0 Å². The van der Waals surface area contributed by atoms with Crippen LogP contribution in [0.1, 0.15) is 57.1 Å². The van der Waals surface area contributed by atoms with Gasteiger partial charge in [0.2, 0.25) is 5.91 Å². The van der Waals surface area contributed by atoms with Gasteiger partial charge in [0.05, 0.1) is 12.7 Å². The van der Waals surface area contributed by atoms with Gasteiger partial charge in [0.15, 0.2) is 0 Å². The number of likely N-dealkylation sites (tertiary alicyclic amines) is 1. The molecule has 2 amide bonds. The van der Waals surface area contributed by atoms with E-state index >= 15 is 0 Å². The molecule has 2 aromatic rings. The van der Waals surface area contributed by atoms with E-state index in [1.54, 1.807) is 23.3 Å². The number of rotatable bonds is 9. The molecule has 172 valence electrons. The van der Waals surface area contributed by atoms with Gasteiger partial charge < -0.3 is 19.7 Å². The topological polar surface area (TPSA) is 70.5 Å². The van der Waals surface area contributed by atoms with Crippen molar-refractivity contribution in [3.63, 3.8) is 0 Å². The summed E-state index contributed by atoms with van der Waals surface area (Å²) in [7, 11) is 0. The number of nitrogens with one attached hydrogen (secondary N) is 1. The number of carbonyl (C=O) groups is 2. The van der Waals surface area contributed by atoms with Gasteiger partial charge in [-0.2, -0.15) is 0 Å². The van der Waals surface area contributed by atoms with Crippen LogP contribution in [-0.4, -0.2) is 58.5 Å². The zero-order chi connectivity index (χ0) is 22.3. The Morgan fingerprint density at radius 2 is 2.09 bits per heavy atom. The van der Waals surface area contributed by atoms with Crippen LogP contribution in [0, 0.1) is 0 Å². The van der Waals surface area contributed by atoms with E-state index in [-0.39, 0.29) is 18.2 Å². The van der Waals surface area contributed by atoms with Crippen molar-refractivity contribution in [1.82, 2.24) is 19.8 Å². The molecule has 0 aliphatic carbocycles. The molecule has 1 saturated heterocycles. The van der Waals surface area contributed by atoms with Crippen LogP contribution in [0.4, 0.5) is 5.69 Å². The number of carbonyl (C=O) groups excluding carboxylic acids is 2. The van der Waals surface area contributed by atoms with E-state index in [4.69, 9.17) is 0 Å². The lowest BCUT2D eigenvalue weighted by Crippen LogP contribution is -2.41. The van der Waals surface area contributed by atoms with Crippen molar-refractivity contribution in [3.8, 4) is 0 Å². The molecule has 0 bridgehead atoms. The van der Waals surface area contributed by atoms with Crippen molar-refractivity contribution in [2.24, 2.45) is 0 Å². The molecule has 1 N–H and O–H groups in total. The lowest BCUT2D eigenvalue weighted by atomic mass is 10.00. The fraction of sp³-hybridized carbons (Fsp3) is 0.560. The summed E-state index contributed by atoms with van der Waals surface area (Å²) in [5, 5.41) is 3.04. The van der Waals surface area contributed by atoms with E-state index in [0.717, 1.165) is 25.1 Å². The SMILES string of the molecule is CC[C@H]1CCCCN1CCCNC(=O)C[C@H](C(=O)N1CCc2ccccc21)n1ccnc1. The number of nitrogens with zero attached hydrogens (tertiary/aromatic N) is 4. The standard InChI is InChI=1S/C25H35N5O2/c1-2-21-9-5-6-14-28(21)15-7-12-27-24(31)18-23(29-17-13-26-19-29)25(32)30-16-11-20-8-3-4-10-22(20)30/h3-4,8,10,13,17,19,21,23H,2,5-7,9,11-12,14-16,18H2,1H3,(H,27,31)/t21-,23+/m0/s1. The third-order valence-electron chi connectivity index (χ3n) is 6.87. The number of hydrogen-bond donors (Lipinski definition) is 1. The number of aromatic nitrogens is 2. The maximum atomic E-state index is 13.4.